The summed E-state index contributed by atoms with van der Waals surface area (Å²) in [5.41, 5.74) is 3.48. The number of nitrogens with zero attached hydrogens (tertiary/aromatic N) is 3. The van der Waals surface area contributed by atoms with Gasteiger partial charge in [-0.15, -0.1) is 0 Å². The molecule has 0 fully saturated rings. The highest BCUT2D eigenvalue weighted by Crippen LogP contribution is 2.43. The number of carboxylic acids is 2. The minimum Gasteiger partial charge on any atom is -0.480 e. The van der Waals surface area contributed by atoms with E-state index in [9.17, 15) is 33.7 Å². The number of phosphoric ester groups is 1. The lowest BCUT2D eigenvalue weighted by molar-refractivity contribution is -0.147. The van der Waals surface area contributed by atoms with E-state index in [0.717, 1.165) is 36.8 Å². The van der Waals surface area contributed by atoms with Crippen LogP contribution in [0.3, 0.4) is 0 Å². The maximum Gasteiger partial charge on any atom is 0.475 e. The largest absolute Gasteiger partial charge is 0.480 e. The molecule has 366 valence electrons. The normalized spacial score (nSPS) is 12.5. The highest BCUT2D eigenvalue weighted by atomic mass is 31.2. The molecule has 1 atom stereocenters. The second-order valence-corrected chi connectivity index (χ2v) is 18.4. The Bertz CT molecular complexity index is 1650. The van der Waals surface area contributed by atoms with Crippen LogP contribution >= 0.6 is 7.82 Å². The number of rotatable bonds is 41. The van der Waals surface area contributed by atoms with E-state index >= 15 is 0 Å². The number of aromatic carboxylic acids is 1. The average Bonchev–Trinajstić information content (AvgIpc) is 3.26. The Kier molecular flexibility index (Phi) is 31.2. The number of carboxylic acid groups (broad SMARTS) is 2. The van der Waals surface area contributed by atoms with Crippen molar-refractivity contribution in [3.63, 3.8) is 0 Å². The monoisotopic (exact) mass is 933 g/mol. The van der Waals surface area contributed by atoms with Crippen LogP contribution in [-0.4, -0.2) is 140 Å². The molecule has 65 heavy (non-hydrogen) atoms. The summed E-state index contributed by atoms with van der Waals surface area (Å²) in [4.78, 5) is 62.2. The van der Waals surface area contributed by atoms with E-state index in [1.165, 1.54) is 101 Å². The van der Waals surface area contributed by atoms with Crippen molar-refractivity contribution in [1.82, 2.24) is 14.7 Å². The van der Waals surface area contributed by atoms with E-state index in [1.807, 2.05) is 23.9 Å². The predicted octanol–water partition coefficient (Wildman–Crippen LogP) is 8.26. The van der Waals surface area contributed by atoms with E-state index in [2.05, 4.69) is 35.7 Å². The number of phosphoric acid groups is 1. The molecule has 0 bridgehead atoms. The molecule has 0 aliphatic rings. The first-order valence-corrected chi connectivity index (χ1v) is 25.2. The molecule has 0 aliphatic heterocycles. The van der Waals surface area contributed by atoms with Gasteiger partial charge in [-0.3, -0.25) is 28.7 Å². The summed E-state index contributed by atoms with van der Waals surface area (Å²) in [6.07, 6.45) is 21.6. The Balaban J connectivity index is 1.46. The van der Waals surface area contributed by atoms with Crippen molar-refractivity contribution < 1.29 is 57.4 Å². The standard InChI is InChI=1S/C49H78N3O12P/c1-4-63-65(59,60)64-36-20-18-16-14-12-10-8-6-5-7-9-11-13-15-17-19-21-42-22-24-43(25-23-42)30-38-62-48(56)41-52(39-46(53)54)35-34-50(2)32-33-51(3)40-47(55)61-37-31-44-26-28-45(29-27-44)49(57)58/h22-29H,1,4-21,30-41H2,2-3H3,(H2-,53,54,57,58,59,60)/p+1. The molecule has 1 unspecified atom stereocenters. The number of esters is 2. The van der Waals surface area contributed by atoms with Gasteiger partial charge >= 0.3 is 31.7 Å². The predicted molar refractivity (Wildman–Crippen MR) is 253 cm³/mol. The van der Waals surface area contributed by atoms with E-state index in [4.69, 9.17) is 19.1 Å². The smallest absolute Gasteiger partial charge is 0.475 e. The lowest BCUT2D eigenvalue weighted by Gasteiger charge is -2.25. The molecule has 0 aromatic heterocycles. The molecule has 0 radical (unpaired) electrons. The lowest BCUT2D eigenvalue weighted by atomic mass is 10.0. The number of hydrogen-bond acceptors (Lipinski definition) is 12. The molecular weight excluding hydrogens is 854 g/mol. The molecule has 0 saturated carbocycles. The van der Waals surface area contributed by atoms with Crippen molar-refractivity contribution in [3.8, 4) is 0 Å². The van der Waals surface area contributed by atoms with Gasteiger partial charge in [-0.1, -0.05) is 126 Å². The van der Waals surface area contributed by atoms with E-state index in [-0.39, 0.29) is 57.6 Å². The summed E-state index contributed by atoms with van der Waals surface area (Å²) < 4.78 is 31.7. The Morgan fingerprint density at radius 2 is 0.938 bits per heavy atom. The van der Waals surface area contributed by atoms with Crippen LogP contribution < -0.4 is 0 Å². The van der Waals surface area contributed by atoms with E-state index in [1.54, 1.807) is 17.0 Å². The van der Waals surface area contributed by atoms with Crippen molar-refractivity contribution >= 4 is 31.7 Å². The Morgan fingerprint density at radius 3 is 1.42 bits per heavy atom. The highest BCUT2D eigenvalue weighted by Gasteiger charge is 2.21. The number of carbonyl (C=O) groups is 4. The Hall–Kier alpha value is -3.82. The Labute approximate surface area is 388 Å². The van der Waals surface area contributed by atoms with Crippen LogP contribution in [0.5, 0.6) is 0 Å². The van der Waals surface area contributed by atoms with Crippen molar-refractivity contribution in [2.45, 2.75) is 122 Å². The molecule has 0 spiro atoms. The fraction of sp³-hybridized carbons (Fsp3) is 0.653. The first kappa shape index (κ1) is 57.3. The number of unbranched alkanes of at least 4 members (excludes halogenated alkanes) is 15. The van der Waals surface area contributed by atoms with E-state index < -0.39 is 25.7 Å². The summed E-state index contributed by atoms with van der Waals surface area (Å²) in [6, 6.07) is 14.9. The molecule has 2 aromatic rings. The summed E-state index contributed by atoms with van der Waals surface area (Å²) in [6.45, 7) is 5.75. The average molecular weight is 933 g/mol. The highest BCUT2D eigenvalue weighted by molar-refractivity contribution is 7.47. The Morgan fingerprint density at radius 1 is 0.523 bits per heavy atom. The van der Waals surface area contributed by atoms with Crippen LogP contribution in [0.2, 0.25) is 0 Å². The molecule has 15 nitrogen and oxygen atoms in total. The van der Waals surface area contributed by atoms with Gasteiger partial charge in [0.1, 0.15) is 0 Å². The topological polar surface area (TPSA) is 193 Å². The number of ether oxygens (including phenoxy) is 2. The first-order valence-electron chi connectivity index (χ1n) is 23.7. The molecular formula is C49H79N3O12P+. The van der Waals surface area contributed by atoms with Gasteiger partial charge < -0.3 is 29.5 Å². The zero-order valence-corrected chi connectivity index (χ0v) is 40.2. The fourth-order valence-electron chi connectivity index (χ4n) is 7.23. The van der Waals surface area contributed by atoms with Gasteiger partial charge in [0.2, 0.25) is 0 Å². The molecule has 0 saturated heterocycles. The van der Waals surface area contributed by atoms with Crippen LogP contribution in [0.1, 0.15) is 130 Å². The summed E-state index contributed by atoms with van der Waals surface area (Å²) in [7, 11) is -0.194. The number of likely N-dealkylation sites (N-methyl/N-ethyl adjacent to an activating group) is 2. The first-order chi connectivity index (χ1) is 31.3. The van der Waals surface area contributed by atoms with Crippen LogP contribution in [0.25, 0.3) is 0 Å². The van der Waals surface area contributed by atoms with Gasteiger partial charge in [-0.25, -0.2) is 13.9 Å². The molecule has 0 aliphatic carbocycles. The van der Waals surface area contributed by atoms with Gasteiger partial charge in [0.15, 0.2) is 6.61 Å². The quantitative estimate of drug-likeness (QED) is 0.0250. The maximum atomic E-state index is 12.6. The second kappa shape index (κ2) is 35.4. The van der Waals surface area contributed by atoms with E-state index in [0.29, 0.717) is 39.0 Å². The zero-order chi connectivity index (χ0) is 47.5. The van der Waals surface area contributed by atoms with Crippen LogP contribution in [-0.2, 0) is 56.7 Å². The number of hydrogen-bond donors (Lipinski definition) is 3. The van der Waals surface area contributed by atoms with Gasteiger partial charge in [-0.05, 0) is 62.2 Å². The summed E-state index contributed by atoms with van der Waals surface area (Å²) in [5, 5.41) is 18.4. The number of benzene rings is 2. The molecule has 0 heterocycles. The molecule has 2 rings (SSSR count). The number of aryl methyl sites for hydroxylation is 1. The van der Waals surface area contributed by atoms with Crippen molar-refractivity contribution in [2.75, 3.05) is 86.3 Å². The minimum atomic E-state index is -3.91. The fourth-order valence-corrected chi connectivity index (χ4v) is 7.90. The SMILES string of the molecule is [CH2+]COP(=O)(O)OCCCCCCCCCCCCCCCCCCc1ccc(CCOC(=O)CN(CCN(C)CCN(C)CC(=O)OCCc2ccc(C(=O)O)cc2)CC(=O)O)cc1. The summed E-state index contributed by atoms with van der Waals surface area (Å²) in [5.74, 6) is -2.83. The molecule has 2 aromatic carbocycles. The van der Waals surface area contributed by atoms with Gasteiger partial charge in [-0.2, -0.15) is 0 Å². The minimum absolute atomic E-state index is 0.0802. The third-order valence-corrected chi connectivity index (χ3v) is 12.2. The van der Waals surface area contributed by atoms with Crippen molar-refractivity contribution in [1.29, 1.82) is 0 Å². The molecule has 16 heteroatoms. The van der Waals surface area contributed by atoms with Crippen LogP contribution in [0, 0.1) is 6.92 Å². The zero-order valence-electron chi connectivity index (χ0n) is 39.3. The van der Waals surface area contributed by atoms with Gasteiger partial charge in [0, 0.05) is 39.0 Å². The third-order valence-electron chi connectivity index (χ3n) is 11.2. The lowest BCUT2D eigenvalue weighted by Crippen LogP contribution is -2.41. The van der Waals surface area contributed by atoms with Gasteiger partial charge in [0.25, 0.3) is 0 Å². The van der Waals surface area contributed by atoms with Gasteiger partial charge in [0.05, 0.1) is 51.9 Å². The maximum absolute atomic E-state index is 12.6. The van der Waals surface area contributed by atoms with Crippen LogP contribution in [0.4, 0.5) is 0 Å². The second-order valence-electron chi connectivity index (χ2n) is 16.9. The third kappa shape index (κ3) is 30.9. The molecule has 3 N–H and O–H groups in total. The number of carbonyl (C=O) groups excluding carboxylic acids is 2. The number of aliphatic carboxylic acids is 1. The summed E-state index contributed by atoms with van der Waals surface area (Å²) >= 11 is 0. The molecule has 0 amide bonds. The van der Waals surface area contributed by atoms with Crippen molar-refractivity contribution in [3.05, 3.63) is 77.7 Å². The van der Waals surface area contributed by atoms with Crippen LogP contribution in [0.15, 0.2) is 48.5 Å². The van der Waals surface area contributed by atoms with Crippen molar-refractivity contribution in [2.24, 2.45) is 0 Å².